The second kappa shape index (κ2) is 4.96. The van der Waals surface area contributed by atoms with Crippen LogP contribution in [-0.2, 0) is 6.54 Å². The maximum atomic E-state index is 5.79. The predicted molar refractivity (Wildman–Crippen MR) is 71.9 cm³/mol. The van der Waals surface area contributed by atoms with Crippen LogP contribution in [0, 0.1) is 0 Å². The SMILES string of the molecule is Clc1ccc(-c2ccc3c(c2)CNCCO3)cn1. The molecule has 1 aromatic carbocycles. The first-order valence-corrected chi connectivity index (χ1v) is 6.29. The number of fused-ring (bicyclic) bond motifs is 1. The number of pyridine rings is 1. The van der Waals surface area contributed by atoms with Gasteiger partial charge in [0.1, 0.15) is 17.5 Å². The van der Waals surface area contributed by atoms with E-state index in [9.17, 15) is 0 Å². The molecule has 0 amide bonds. The fourth-order valence-electron chi connectivity index (χ4n) is 2.04. The molecule has 0 spiro atoms. The van der Waals surface area contributed by atoms with Gasteiger partial charge in [0.25, 0.3) is 0 Å². The van der Waals surface area contributed by atoms with Gasteiger partial charge < -0.3 is 10.1 Å². The van der Waals surface area contributed by atoms with E-state index >= 15 is 0 Å². The molecule has 0 unspecified atom stereocenters. The molecule has 0 saturated heterocycles. The molecule has 2 aromatic rings. The first-order valence-electron chi connectivity index (χ1n) is 5.91. The highest BCUT2D eigenvalue weighted by atomic mass is 35.5. The highest BCUT2D eigenvalue weighted by molar-refractivity contribution is 6.29. The molecule has 4 heteroatoms. The van der Waals surface area contributed by atoms with E-state index in [0.29, 0.717) is 5.15 Å². The summed E-state index contributed by atoms with van der Waals surface area (Å²) in [5.41, 5.74) is 3.37. The Morgan fingerprint density at radius 2 is 2.06 bits per heavy atom. The predicted octanol–water partition coefficient (Wildman–Crippen LogP) is 2.88. The Kier molecular flexibility index (Phi) is 3.17. The van der Waals surface area contributed by atoms with Crippen LogP contribution in [0.2, 0.25) is 5.15 Å². The largest absolute Gasteiger partial charge is 0.492 e. The molecule has 1 aliphatic heterocycles. The van der Waals surface area contributed by atoms with Crippen molar-refractivity contribution in [3.05, 3.63) is 47.2 Å². The van der Waals surface area contributed by atoms with Crippen LogP contribution in [0.1, 0.15) is 5.56 Å². The minimum absolute atomic E-state index is 0.513. The summed E-state index contributed by atoms with van der Waals surface area (Å²) in [6.07, 6.45) is 1.79. The highest BCUT2D eigenvalue weighted by Gasteiger charge is 2.09. The van der Waals surface area contributed by atoms with Crippen molar-refractivity contribution in [2.75, 3.05) is 13.2 Å². The van der Waals surface area contributed by atoms with Gasteiger partial charge in [0, 0.05) is 30.4 Å². The molecule has 92 valence electrons. The lowest BCUT2D eigenvalue weighted by Crippen LogP contribution is -2.16. The maximum absolute atomic E-state index is 5.79. The number of benzene rings is 1. The van der Waals surface area contributed by atoms with E-state index in [4.69, 9.17) is 16.3 Å². The number of nitrogens with one attached hydrogen (secondary N) is 1. The zero-order chi connectivity index (χ0) is 12.4. The third kappa shape index (κ3) is 2.33. The van der Waals surface area contributed by atoms with Gasteiger partial charge in [-0.25, -0.2) is 4.98 Å². The summed E-state index contributed by atoms with van der Waals surface area (Å²) in [6, 6.07) is 9.99. The van der Waals surface area contributed by atoms with E-state index in [-0.39, 0.29) is 0 Å². The van der Waals surface area contributed by atoms with Gasteiger partial charge in [-0.05, 0) is 29.8 Å². The highest BCUT2D eigenvalue weighted by Crippen LogP contribution is 2.27. The number of halogens is 1. The molecule has 2 heterocycles. The van der Waals surface area contributed by atoms with Crippen molar-refractivity contribution < 1.29 is 4.74 Å². The lowest BCUT2D eigenvalue weighted by atomic mass is 10.0. The zero-order valence-corrected chi connectivity index (χ0v) is 10.6. The lowest BCUT2D eigenvalue weighted by Gasteiger charge is -2.09. The molecule has 1 aliphatic rings. The Balaban J connectivity index is 1.98. The monoisotopic (exact) mass is 260 g/mol. The van der Waals surface area contributed by atoms with Crippen LogP contribution in [0.5, 0.6) is 5.75 Å². The van der Waals surface area contributed by atoms with Gasteiger partial charge in [-0.3, -0.25) is 0 Å². The van der Waals surface area contributed by atoms with Crippen LogP contribution in [-0.4, -0.2) is 18.1 Å². The van der Waals surface area contributed by atoms with Gasteiger partial charge in [0.2, 0.25) is 0 Å². The quantitative estimate of drug-likeness (QED) is 0.801. The molecular formula is C14H13ClN2O. The normalized spacial score (nSPS) is 14.5. The second-order valence-electron chi connectivity index (χ2n) is 4.22. The number of aromatic nitrogens is 1. The van der Waals surface area contributed by atoms with E-state index in [1.54, 1.807) is 12.3 Å². The lowest BCUT2D eigenvalue weighted by molar-refractivity contribution is 0.326. The summed E-state index contributed by atoms with van der Waals surface area (Å²) in [5, 5.41) is 3.84. The standard InChI is InChI=1S/C14H13ClN2O/c15-14-4-2-11(9-17-14)10-1-3-13-12(7-10)8-16-5-6-18-13/h1-4,7,9,16H,5-6,8H2. The number of rotatable bonds is 1. The second-order valence-corrected chi connectivity index (χ2v) is 4.60. The van der Waals surface area contributed by atoms with Crippen molar-refractivity contribution in [3.8, 4) is 16.9 Å². The molecule has 0 bridgehead atoms. The summed E-state index contributed by atoms with van der Waals surface area (Å²) >= 11 is 5.79. The Hall–Kier alpha value is -1.58. The number of hydrogen-bond acceptors (Lipinski definition) is 3. The van der Waals surface area contributed by atoms with Crippen LogP contribution in [0.25, 0.3) is 11.1 Å². The molecule has 0 radical (unpaired) electrons. The van der Waals surface area contributed by atoms with E-state index in [1.165, 1.54) is 5.56 Å². The van der Waals surface area contributed by atoms with Crippen molar-refractivity contribution in [1.29, 1.82) is 0 Å². The Morgan fingerprint density at radius 1 is 1.17 bits per heavy atom. The fourth-order valence-corrected chi connectivity index (χ4v) is 2.15. The molecule has 1 aromatic heterocycles. The van der Waals surface area contributed by atoms with Crippen molar-refractivity contribution in [2.45, 2.75) is 6.54 Å². The average molecular weight is 261 g/mol. The zero-order valence-electron chi connectivity index (χ0n) is 9.82. The van der Waals surface area contributed by atoms with Crippen LogP contribution < -0.4 is 10.1 Å². The number of nitrogens with zero attached hydrogens (tertiary/aromatic N) is 1. The summed E-state index contributed by atoms with van der Waals surface area (Å²) in [4.78, 5) is 4.10. The van der Waals surface area contributed by atoms with Gasteiger partial charge in [-0.15, -0.1) is 0 Å². The van der Waals surface area contributed by atoms with E-state index < -0.39 is 0 Å². The summed E-state index contributed by atoms with van der Waals surface area (Å²) in [6.45, 7) is 2.44. The molecular weight excluding hydrogens is 248 g/mol. The van der Waals surface area contributed by atoms with E-state index in [0.717, 1.165) is 36.6 Å². The number of ether oxygens (including phenoxy) is 1. The van der Waals surface area contributed by atoms with Crippen molar-refractivity contribution >= 4 is 11.6 Å². The topological polar surface area (TPSA) is 34.1 Å². The van der Waals surface area contributed by atoms with Crippen molar-refractivity contribution in [3.63, 3.8) is 0 Å². The van der Waals surface area contributed by atoms with Crippen molar-refractivity contribution in [2.24, 2.45) is 0 Å². The van der Waals surface area contributed by atoms with Crippen LogP contribution in [0.3, 0.4) is 0 Å². The first kappa shape index (κ1) is 11.5. The number of hydrogen-bond donors (Lipinski definition) is 1. The first-order chi connectivity index (χ1) is 8.83. The molecule has 18 heavy (non-hydrogen) atoms. The molecule has 0 atom stereocenters. The minimum Gasteiger partial charge on any atom is -0.492 e. The van der Waals surface area contributed by atoms with Crippen LogP contribution >= 0.6 is 11.6 Å². The molecule has 0 saturated carbocycles. The summed E-state index contributed by atoms with van der Waals surface area (Å²) in [5.74, 6) is 0.964. The third-order valence-corrected chi connectivity index (χ3v) is 3.20. The van der Waals surface area contributed by atoms with Gasteiger partial charge in [-0.1, -0.05) is 17.7 Å². The van der Waals surface area contributed by atoms with Gasteiger partial charge in [0.05, 0.1) is 0 Å². The molecule has 0 fully saturated rings. The third-order valence-electron chi connectivity index (χ3n) is 2.97. The van der Waals surface area contributed by atoms with Gasteiger partial charge >= 0.3 is 0 Å². The van der Waals surface area contributed by atoms with Crippen molar-refractivity contribution in [1.82, 2.24) is 10.3 Å². The van der Waals surface area contributed by atoms with Gasteiger partial charge in [-0.2, -0.15) is 0 Å². The molecule has 3 nitrogen and oxygen atoms in total. The summed E-state index contributed by atoms with van der Waals surface area (Å²) < 4.78 is 5.66. The van der Waals surface area contributed by atoms with Gasteiger partial charge in [0.15, 0.2) is 0 Å². The fraction of sp³-hybridized carbons (Fsp3) is 0.214. The van der Waals surface area contributed by atoms with E-state index in [2.05, 4.69) is 22.4 Å². The molecule has 0 aliphatic carbocycles. The van der Waals surface area contributed by atoms with Crippen LogP contribution in [0.4, 0.5) is 0 Å². The summed E-state index contributed by atoms with van der Waals surface area (Å²) in [7, 11) is 0. The van der Waals surface area contributed by atoms with Crippen LogP contribution in [0.15, 0.2) is 36.5 Å². The average Bonchev–Trinajstić information content (AvgIpc) is 2.64. The maximum Gasteiger partial charge on any atom is 0.129 e. The smallest absolute Gasteiger partial charge is 0.129 e. The molecule has 3 rings (SSSR count). The minimum atomic E-state index is 0.513. The van der Waals surface area contributed by atoms with E-state index in [1.807, 2.05) is 12.1 Å². The Labute approximate surface area is 111 Å². The molecule has 1 N–H and O–H groups in total. The Bertz CT molecular complexity index is 554. The Morgan fingerprint density at radius 3 is 2.89 bits per heavy atom.